The van der Waals surface area contributed by atoms with Gasteiger partial charge in [0.1, 0.15) is 11.6 Å². The molecule has 1 aromatic heterocycles. The van der Waals surface area contributed by atoms with E-state index in [1.54, 1.807) is 10.6 Å². The van der Waals surface area contributed by atoms with Crippen LogP contribution in [0.25, 0.3) is 0 Å². The van der Waals surface area contributed by atoms with Gasteiger partial charge in [0.2, 0.25) is 5.91 Å². The zero-order valence-electron chi connectivity index (χ0n) is 20.7. The molecule has 35 heavy (non-hydrogen) atoms. The summed E-state index contributed by atoms with van der Waals surface area (Å²) in [4.78, 5) is 42.0. The van der Waals surface area contributed by atoms with E-state index in [1.807, 2.05) is 24.0 Å². The summed E-state index contributed by atoms with van der Waals surface area (Å²) in [7, 11) is 1.48. The summed E-state index contributed by atoms with van der Waals surface area (Å²) in [5.41, 5.74) is 0.0661. The van der Waals surface area contributed by atoms with E-state index in [1.165, 1.54) is 19.2 Å². The maximum atomic E-state index is 13.9. The van der Waals surface area contributed by atoms with Crippen molar-refractivity contribution in [3.63, 3.8) is 0 Å². The second kappa shape index (κ2) is 11.2. The van der Waals surface area contributed by atoms with Crippen LogP contribution in [-0.2, 0) is 24.9 Å². The Balaban J connectivity index is 1.28. The van der Waals surface area contributed by atoms with Crippen molar-refractivity contribution in [1.29, 1.82) is 0 Å². The van der Waals surface area contributed by atoms with Crippen LogP contribution in [-0.4, -0.2) is 52.7 Å². The first-order valence-corrected chi connectivity index (χ1v) is 12.7. The molecule has 0 saturated carbocycles. The van der Waals surface area contributed by atoms with Gasteiger partial charge in [-0.2, -0.15) is 0 Å². The Labute approximate surface area is 205 Å². The molecule has 1 amide bonds. The molecule has 2 aliphatic rings. The molecule has 0 spiro atoms. The smallest absolute Gasteiger partial charge is 0.332 e. The van der Waals surface area contributed by atoms with E-state index in [-0.39, 0.29) is 28.9 Å². The monoisotopic (exact) mass is 485 g/mol. The lowest BCUT2D eigenvalue weighted by atomic mass is 9.94. The second-order valence-corrected chi connectivity index (χ2v) is 9.77. The Morgan fingerprint density at radius 2 is 1.86 bits per heavy atom. The Morgan fingerprint density at radius 1 is 1.11 bits per heavy atom. The van der Waals surface area contributed by atoms with Crippen molar-refractivity contribution in [2.45, 2.75) is 45.7 Å². The molecule has 8 nitrogen and oxygen atoms in total. The number of nitrogens with zero attached hydrogens (tertiary/aromatic N) is 4. The normalized spacial score (nSPS) is 19.6. The van der Waals surface area contributed by atoms with Gasteiger partial charge in [0.25, 0.3) is 5.56 Å². The summed E-state index contributed by atoms with van der Waals surface area (Å²) < 4.78 is 16.6. The van der Waals surface area contributed by atoms with Crippen LogP contribution in [0.5, 0.6) is 0 Å². The first-order chi connectivity index (χ1) is 16.9. The number of hydrogen-bond acceptors (Lipinski definition) is 5. The number of likely N-dealkylation sites (tertiary alicyclic amines) is 1. The number of nitrogens with one attached hydrogen (secondary N) is 1. The maximum Gasteiger partial charge on any atom is 0.332 e. The molecule has 3 heterocycles. The molecule has 0 radical (unpaired) electrons. The number of carbonyl (C=O) groups excluding carboxylic acids is 1. The van der Waals surface area contributed by atoms with Crippen molar-refractivity contribution in [3.8, 4) is 0 Å². The van der Waals surface area contributed by atoms with E-state index in [4.69, 9.17) is 0 Å². The molecular weight excluding hydrogens is 449 g/mol. The average Bonchev–Trinajstić information content (AvgIpc) is 2.88. The lowest BCUT2D eigenvalue weighted by Crippen LogP contribution is -2.48. The average molecular weight is 486 g/mol. The summed E-state index contributed by atoms with van der Waals surface area (Å²) in [6.07, 6.45) is 3.58. The Bertz CT molecular complexity index is 1150. The van der Waals surface area contributed by atoms with Gasteiger partial charge < -0.3 is 10.2 Å². The van der Waals surface area contributed by atoms with Crippen LogP contribution in [0.4, 0.5) is 10.2 Å². The van der Waals surface area contributed by atoms with Gasteiger partial charge in [-0.25, -0.2) is 9.18 Å². The predicted octanol–water partition coefficient (Wildman–Crippen LogP) is 1.95. The molecule has 190 valence electrons. The minimum absolute atomic E-state index is 0.0396. The molecule has 1 atom stereocenters. The molecule has 2 saturated heterocycles. The molecule has 0 bridgehead atoms. The van der Waals surface area contributed by atoms with E-state index in [9.17, 15) is 18.8 Å². The summed E-state index contributed by atoms with van der Waals surface area (Å²) in [5.74, 6) is 0.723. The van der Waals surface area contributed by atoms with Gasteiger partial charge in [-0.1, -0.05) is 18.2 Å². The number of benzene rings is 1. The van der Waals surface area contributed by atoms with Gasteiger partial charge in [-0.3, -0.25) is 23.6 Å². The first kappa shape index (κ1) is 25.2. The minimum atomic E-state index is -0.331. The van der Waals surface area contributed by atoms with Gasteiger partial charge in [0.15, 0.2) is 0 Å². The number of rotatable bonds is 7. The van der Waals surface area contributed by atoms with E-state index >= 15 is 0 Å². The van der Waals surface area contributed by atoms with E-state index in [0.717, 1.165) is 55.4 Å². The Hall–Kier alpha value is -2.94. The number of aromatic nitrogens is 2. The molecule has 2 aromatic rings. The number of piperidine rings is 2. The van der Waals surface area contributed by atoms with Gasteiger partial charge in [0, 0.05) is 51.4 Å². The predicted molar refractivity (Wildman–Crippen MR) is 134 cm³/mol. The molecule has 2 aliphatic heterocycles. The summed E-state index contributed by atoms with van der Waals surface area (Å²) >= 11 is 0. The van der Waals surface area contributed by atoms with E-state index < -0.39 is 0 Å². The lowest BCUT2D eigenvalue weighted by molar-refractivity contribution is -0.125. The summed E-state index contributed by atoms with van der Waals surface area (Å²) in [6.45, 7) is 6.61. The topological polar surface area (TPSA) is 79.6 Å². The molecular formula is C26H36FN5O3. The highest BCUT2D eigenvalue weighted by Crippen LogP contribution is 2.23. The fourth-order valence-corrected chi connectivity index (χ4v) is 5.22. The van der Waals surface area contributed by atoms with Gasteiger partial charge in [-0.15, -0.1) is 0 Å². The van der Waals surface area contributed by atoms with Gasteiger partial charge in [-0.05, 0) is 57.7 Å². The van der Waals surface area contributed by atoms with Crippen LogP contribution >= 0.6 is 0 Å². The van der Waals surface area contributed by atoms with Crippen LogP contribution in [0.2, 0.25) is 0 Å². The second-order valence-electron chi connectivity index (χ2n) is 9.77. The summed E-state index contributed by atoms with van der Waals surface area (Å²) in [5, 5.41) is 3.15. The third-order valence-electron chi connectivity index (χ3n) is 7.43. The van der Waals surface area contributed by atoms with Crippen molar-refractivity contribution in [2.24, 2.45) is 18.9 Å². The SMILES string of the molecule is CCn1c(N2CCCC(C(=O)NCC3CCN(Cc4ccccc4F)CC3)C2)cc(=O)n(C)c1=O. The van der Waals surface area contributed by atoms with E-state index in [0.29, 0.717) is 37.9 Å². The van der Waals surface area contributed by atoms with Gasteiger partial charge in [0.05, 0.1) is 5.92 Å². The number of halogens is 1. The van der Waals surface area contributed by atoms with Crippen LogP contribution in [0, 0.1) is 17.7 Å². The quantitative estimate of drug-likeness (QED) is 0.649. The number of hydrogen-bond donors (Lipinski definition) is 1. The molecule has 1 unspecified atom stereocenters. The van der Waals surface area contributed by atoms with Crippen molar-refractivity contribution in [1.82, 2.24) is 19.4 Å². The van der Waals surface area contributed by atoms with E-state index in [2.05, 4.69) is 10.2 Å². The zero-order valence-corrected chi connectivity index (χ0v) is 20.7. The van der Waals surface area contributed by atoms with Crippen LogP contribution in [0.1, 0.15) is 38.2 Å². The standard InChI is InChI=1S/C26H36FN5O3/c1-3-32-23(15-24(33)29(2)26(32)35)31-12-6-8-21(18-31)25(34)28-16-19-10-13-30(14-11-19)17-20-7-4-5-9-22(20)27/h4-5,7,9,15,19,21H,3,6,8,10-14,16-18H2,1-2H3,(H,28,34). The third-order valence-corrected chi connectivity index (χ3v) is 7.43. The van der Waals surface area contributed by atoms with Crippen LogP contribution in [0.3, 0.4) is 0 Å². The van der Waals surface area contributed by atoms with Crippen molar-refractivity contribution >= 4 is 11.7 Å². The molecule has 4 rings (SSSR count). The highest BCUT2D eigenvalue weighted by Gasteiger charge is 2.29. The third kappa shape index (κ3) is 5.83. The van der Waals surface area contributed by atoms with Crippen molar-refractivity contribution < 1.29 is 9.18 Å². The molecule has 2 fully saturated rings. The molecule has 0 aliphatic carbocycles. The van der Waals surface area contributed by atoms with Crippen LogP contribution < -0.4 is 21.5 Å². The lowest BCUT2D eigenvalue weighted by Gasteiger charge is -2.35. The zero-order chi connectivity index (χ0) is 24.9. The Kier molecular flexibility index (Phi) is 8.05. The highest BCUT2D eigenvalue weighted by molar-refractivity contribution is 5.79. The first-order valence-electron chi connectivity index (χ1n) is 12.7. The van der Waals surface area contributed by atoms with Crippen molar-refractivity contribution in [3.05, 3.63) is 62.6 Å². The number of carbonyl (C=O) groups is 1. The van der Waals surface area contributed by atoms with Crippen molar-refractivity contribution in [2.75, 3.05) is 37.6 Å². The molecule has 1 aromatic carbocycles. The minimum Gasteiger partial charge on any atom is -0.357 e. The highest BCUT2D eigenvalue weighted by atomic mass is 19.1. The number of amides is 1. The fraction of sp³-hybridized carbons (Fsp3) is 0.577. The van der Waals surface area contributed by atoms with Gasteiger partial charge >= 0.3 is 5.69 Å². The molecule has 1 N–H and O–H groups in total. The maximum absolute atomic E-state index is 13.9. The Morgan fingerprint density at radius 3 is 2.57 bits per heavy atom. The largest absolute Gasteiger partial charge is 0.357 e. The summed E-state index contributed by atoms with van der Waals surface area (Å²) in [6, 6.07) is 8.42. The fourth-order valence-electron chi connectivity index (χ4n) is 5.22. The molecule has 9 heteroatoms. The van der Waals surface area contributed by atoms with Crippen LogP contribution in [0.15, 0.2) is 39.9 Å². The number of anilines is 1.